The Bertz CT molecular complexity index is 1040. The highest BCUT2D eigenvalue weighted by molar-refractivity contribution is 6.00. The van der Waals surface area contributed by atoms with E-state index in [1.165, 1.54) is 0 Å². The molecule has 27 heavy (non-hydrogen) atoms. The van der Waals surface area contributed by atoms with E-state index in [9.17, 15) is 4.79 Å². The van der Waals surface area contributed by atoms with Crippen LogP contribution in [0.4, 0.5) is 0 Å². The highest BCUT2D eigenvalue weighted by Crippen LogP contribution is 2.23. The van der Waals surface area contributed by atoms with Crippen LogP contribution in [0, 0.1) is 0 Å². The molecule has 0 atom stereocenters. The molecule has 0 radical (unpaired) electrons. The lowest BCUT2D eigenvalue weighted by Gasteiger charge is -2.09. The summed E-state index contributed by atoms with van der Waals surface area (Å²) < 4.78 is 5.27. The SMILES string of the molecule is O=C(NCc1noc(-c2ccccc2)n1)c1ccccc1-c1ccccc1. The summed E-state index contributed by atoms with van der Waals surface area (Å²) in [6.45, 7) is 0.193. The van der Waals surface area contributed by atoms with E-state index < -0.39 is 0 Å². The third-order valence-corrected chi connectivity index (χ3v) is 4.15. The first-order valence-electron chi connectivity index (χ1n) is 8.62. The lowest BCUT2D eigenvalue weighted by molar-refractivity contribution is 0.0950. The lowest BCUT2D eigenvalue weighted by Crippen LogP contribution is -2.24. The zero-order chi connectivity index (χ0) is 18.5. The fourth-order valence-electron chi connectivity index (χ4n) is 2.83. The summed E-state index contributed by atoms with van der Waals surface area (Å²) in [7, 11) is 0. The predicted molar refractivity (Wildman–Crippen MR) is 103 cm³/mol. The van der Waals surface area contributed by atoms with Gasteiger partial charge in [-0.3, -0.25) is 4.79 Å². The Hall–Kier alpha value is -3.73. The number of carbonyl (C=O) groups excluding carboxylic acids is 1. The van der Waals surface area contributed by atoms with Crippen molar-refractivity contribution in [2.24, 2.45) is 0 Å². The fourth-order valence-corrected chi connectivity index (χ4v) is 2.83. The van der Waals surface area contributed by atoms with Gasteiger partial charge in [0.15, 0.2) is 5.82 Å². The number of benzene rings is 3. The number of nitrogens with one attached hydrogen (secondary N) is 1. The highest BCUT2D eigenvalue weighted by atomic mass is 16.5. The summed E-state index contributed by atoms with van der Waals surface area (Å²) in [5.41, 5.74) is 3.33. The van der Waals surface area contributed by atoms with E-state index >= 15 is 0 Å². The van der Waals surface area contributed by atoms with Crippen molar-refractivity contribution < 1.29 is 9.32 Å². The van der Waals surface area contributed by atoms with Crippen molar-refractivity contribution in [3.8, 4) is 22.6 Å². The summed E-state index contributed by atoms with van der Waals surface area (Å²) in [5.74, 6) is 0.685. The predicted octanol–water partition coefficient (Wildman–Crippen LogP) is 4.33. The Balaban J connectivity index is 1.49. The lowest BCUT2D eigenvalue weighted by atomic mass is 9.99. The number of carbonyl (C=O) groups is 1. The number of nitrogens with zero attached hydrogens (tertiary/aromatic N) is 2. The topological polar surface area (TPSA) is 68.0 Å². The van der Waals surface area contributed by atoms with E-state index in [1.54, 1.807) is 0 Å². The monoisotopic (exact) mass is 355 g/mol. The van der Waals surface area contributed by atoms with E-state index in [1.807, 2.05) is 84.9 Å². The molecule has 0 unspecified atom stereocenters. The maximum Gasteiger partial charge on any atom is 0.257 e. The zero-order valence-corrected chi connectivity index (χ0v) is 14.5. The molecule has 0 aliphatic rings. The summed E-state index contributed by atoms with van der Waals surface area (Å²) in [6, 6.07) is 26.9. The summed E-state index contributed by atoms with van der Waals surface area (Å²) in [4.78, 5) is 17.0. The van der Waals surface area contributed by atoms with Gasteiger partial charge in [0.2, 0.25) is 0 Å². The molecule has 0 bridgehead atoms. The third kappa shape index (κ3) is 3.77. The zero-order valence-electron chi connectivity index (χ0n) is 14.5. The summed E-state index contributed by atoms with van der Waals surface area (Å²) in [6.07, 6.45) is 0. The summed E-state index contributed by atoms with van der Waals surface area (Å²) in [5, 5.41) is 6.80. The molecule has 1 heterocycles. The molecule has 1 N–H and O–H groups in total. The van der Waals surface area contributed by atoms with Gasteiger partial charge in [-0.05, 0) is 29.3 Å². The molecule has 5 nitrogen and oxygen atoms in total. The first-order chi connectivity index (χ1) is 13.3. The second kappa shape index (κ2) is 7.66. The van der Waals surface area contributed by atoms with Crippen LogP contribution in [0.15, 0.2) is 89.5 Å². The van der Waals surface area contributed by atoms with Crippen molar-refractivity contribution >= 4 is 5.91 Å². The first kappa shape index (κ1) is 16.7. The van der Waals surface area contributed by atoms with Gasteiger partial charge in [0.25, 0.3) is 11.8 Å². The van der Waals surface area contributed by atoms with Gasteiger partial charge in [0, 0.05) is 11.1 Å². The third-order valence-electron chi connectivity index (χ3n) is 4.15. The van der Waals surface area contributed by atoms with Crippen LogP contribution in [0.1, 0.15) is 16.2 Å². The molecule has 0 spiro atoms. The van der Waals surface area contributed by atoms with E-state index in [2.05, 4.69) is 15.5 Å². The highest BCUT2D eigenvalue weighted by Gasteiger charge is 2.14. The van der Waals surface area contributed by atoms with Gasteiger partial charge in [-0.25, -0.2) is 0 Å². The minimum atomic E-state index is -0.180. The van der Waals surface area contributed by atoms with E-state index in [0.29, 0.717) is 17.3 Å². The van der Waals surface area contributed by atoms with Gasteiger partial charge < -0.3 is 9.84 Å². The quantitative estimate of drug-likeness (QED) is 0.578. The second-order valence-electron chi connectivity index (χ2n) is 5.98. The fraction of sp³-hybridized carbons (Fsp3) is 0.0455. The molecule has 0 aliphatic heterocycles. The van der Waals surface area contributed by atoms with Crippen molar-refractivity contribution in [1.82, 2.24) is 15.5 Å². The molecule has 4 aromatic rings. The molecule has 1 aromatic heterocycles. The van der Waals surface area contributed by atoms with Crippen LogP contribution in [0.5, 0.6) is 0 Å². The standard InChI is InChI=1S/C22H17N3O2/c26-21(19-14-8-7-13-18(19)16-9-3-1-4-10-16)23-15-20-24-22(27-25-20)17-11-5-2-6-12-17/h1-14H,15H2,(H,23,26). The number of aromatic nitrogens is 2. The largest absolute Gasteiger partial charge is 0.345 e. The molecule has 0 saturated carbocycles. The van der Waals surface area contributed by atoms with Gasteiger partial charge in [-0.2, -0.15) is 4.98 Å². The molecule has 4 rings (SSSR count). The van der Waals surface area contributed by atoms with Crippen molar-refractivity contribution in [2.45, 2.75) is 6.54 Å². The maximum atomic E-state index is 12.7. The van der Waals surface area contributed by atoms with Crippen LogP contribution in [-0.2, 0) is 6.54 Å². The van der Waals surface area contributed by atoms with Gasteiger partial charge in [0.1, 0.15) is 0 Å². The molecule has 1 amide bonds. The van der Waals surface area contributed by atoms with E-state index in [4.69, 9.17) is 4.52 Å². The Morgan fingerprint density at radius 1 is 0.815 bits per heavy atom. The molecule has 0 saturated heterocycles. The Labute approximate surface area is 156 Å². The molecular weight excluding hydrogens is 338 g/mol. The van der Waals surface area contributed by atoms with Crippen LogP contribution in [0.25, 0.3) is 22.6 Å². The van der Waals surface area contributed by atoms with E-state index in [0.717, 1.165) is 16.7 Å². The molecular formula is C22H17N3O2. The smallest absolute Gasteiger partial charge is 0.257 e. The van der Waals surface area contributed by atoms with Crippen LogP contribution >= 0.6 is 0 Å². The van der Waals surface area contributed by atoms with Gasteiger partial charge >= 0.3 is 0 Å². The normalized spacial score (nSPS) is 10.5. The molecule has 0 fully saturated rings. The van der Waals surface area contributed by atoms with Gasteiger partial charge in [-0.1, -0.05) is 71.9 Å². The average Bonchev–Trinajstić information content (AvgIpc) is 3.22. The second-order valence-corrected chi connectivity index (χ2v) is 5.98. The average molecular weight is 355 g/mol. The number of hydrogen-bond acceptors (Lipinski definition) is 4. The molecule has 132 valence electrons. The van der Waals surface area contributed by atoms with Crippen LogP contribution in [0.2, 0.25) is 0 Å². The minimum Gasteiger partial charge on any atom is -0.345 e. The Morgan fingerprint density at radius 2 is 1.44 bits per heavy atom. The van der Waals surface area contributed by atoms with Crippen molar-refractivity contribution in [2.75, 3.05) is 0 Å². The number of amides is 1. The molecule has 0 aliphatic carbocycles. The van der Waals surface area contributed by atoms with E-state index in [-0.39, 0.29) is 12.5 Å². The van der Waals surface area contributed by atoms with Crippen molar-refractivity contribution in [3.63, 3.8) is 0 Å². The van der Waals surface area contributed by atoms with Crippen molar-refractivity contribution in [1.29, 1.82) is 0 Å². The number of hydrogen-bond donors (Lipinski definition) is 1. The van der Waals surface area contributed by atoms with Gasteiger partial charge in [0.05, 0.1) is 6.54 Å². The van der Waals surface area contributed by atoms with Crippen molar-refractivity contribution in [3.05, 3.63) is 96.3 Å². The summed E-state index contributed by atoms with van der Waals surface area (Å²) >= 11 is 0. The minimum absolute atomic E-state index is 0.180. The van der Waals surface area contributed by atoms with Crippen LogP contribution < -0.4 is 5.32 Å². The Morgan fingerprint density at radius 3 is 2.19 bits per heavy atom. The maximum absolute atomic E-state index is 12.7. The molecule has 5 heteroatoms. The van der Waals surface area contributed by atoms with Crippen LogP contribution in [0.3, 0.4) is 0 Å². The van der Waals surface area contributed by atoms with Gasteiger partial charge in [-0.15, -0.1) is 0 Å². The number of rotatable bonds is 5. The first-order valence-corrected chi connectivity index (χ1v) is 8.62. The Kier molecular flexibility index (Phi) is 4.74. The molecule has 3 aromatic carbocycles. The van der Waals surface area contributed by atoms with Crippen LogP contribution in [-0.4, -0.2) is 16.0 Å².